The van der Waals surface area contributed by atoms with E-state index in [2.05, 4.69) is 42.8 Å². The van der Waals surface area contributed by atoms with Crippen LogP contribution in [-0.2, 0) is 6.42 Å². The highest BCUT2D eigenvalue weighted by Gasteiger charge is 2.31. The Balaban J connectivity index is 1.85. The topological polar surface area (TPSA) is 32.3 Å². The van der Waals surface area contributed by atoms with Crippen LogP contribution >= 0.6 is 23.5 Å². The second kappa shape index (κ2) is 7.02. The van der Waals surface area contributed by atoms with Gasteiger partial charge >= 0.3 is 0 Å². The van der Waals surface area contributed by atoms with Crippen molar-refractivity contribution in [3.8, 4) is 0 Å². The second-order valence-electron chi connectivity index (χ2n) is 5.32. The predicted octanol–water partition coefficient (Wildman–Crippen LogP) is 2.80. The molecule has 2 rings (SSSR count). The third kappa shape index (κ3) is 4.42. The maximum Gasteiger partial charge on any atom is 0.0869 e. The van der Waals surface area contributed by atoms with Crippen molar-refractivity contribution in [2.24, 2.45) is 0 Å². The van der Waals surface area contributed by atoms with Gasteiger partial charge in [0.15, 0.2) is 0 Å². The molecule has 1 fully saturated rings. The van der Waals surface area contributed by atoms with E-state index in [-0.39, 0.29) is 0 Å². The maximum absolute atomic E-state index is 10.3. The number of aliphatic hydroxyl groups is 1. The molecule has 0 unspecified atom stereocenters. The third-order valence-electron chi connectivity index (χ3n) is 3.58. The molecule has 0 amide bonds. The van der Waals surface area contributed by atoms with Gasteiger partial charge in [-0.05, 0) is 43.4 Å². The average molecular weight is 297 g/mol. The van der Waals surface area contributed by atoms with E-state index in [1.807, 2.05) is 11.8 Å². The molecule has 1 aliphatic rings. The fraction of sp³-hybridized carbons (Fsp3) is 0.600. The smallest absolute Gasteiger partial charge is 0.0869 e. The first-order valence-electron chi connectivity index (χ1n) is 6.78. The van der Waals surface area contributed by atoms with Crippen molar-refractivity contribution in [3.05, 3.63) is 29.8 Å². The highest BCUT2D eigenvalue weighted by molar-refractivity contribution is 7.99. The van der Waals surface area contributed by atoms with Crippen molar-refractivity contribution in [2.45, 2.75) is 36.3 Å². The van der Waals surface area contributed by atoms with Gasteiger partial charge in [-0.1, -0.05) is 18.2 Å². The second-order valence-corrected chi connectivity index (χ2v) is 7.28. The molecule has 1 saturated heterocycles. The summed E-state index contributed by atoms with van der Waals surface area (Å²) in [4.78, 5) is 1.35. The molecule has 2 nitrogen and oxygen atoms in total. The molecule has 1 heterocycles. The summed E-state index contributed by atoms with van der Waals surface area (Å²) in [7, 11) is 0. The first-order chi connectivity index (χ1) is 9.13. The molecular formula is C15H23NOS2. The van der Waals surface area contributed by atoms with Crippen molar-refractivity contribution in [1.29, 1.82) is 0 Å². The molecule has 1 aromatic rings. The van der Waals surface area contributed by atoms with Crippen molar-refractivity contribution < 1.29 is 5.11 Å². The van der Waals surface area contributed by atoms with Crippen LogP contribution in [-0.4, -0.2) is 41.1 Å². The molecule has 0 aliphatic carbocycles. The first kappa shape index (κ1) is 15.2. The molecule has 0 spiro atoms. The van der Waals surface area contributed by atoms with Gasteiger partial charge in [0.1, 0.15) is 0 Å². The monoisotopic (exact) mass is 297 g/mol. The Bertz CT molecular complexity index is 405. The van der Waals surface area contributed by atoms with Crippen LogP contribution in [0.1, 0.15) is 18.9 Å². The summed E-state index contributed by atoms with van der Waals surface area (Å²) in [5.41, 5.74) is 0.903. The van der Waals surface area contributed by atoms with E-state index in [9.17, 15) is 5.11 Å². The van der Waals surface area contributed by atoms with Gasteiger partial charge in [0.25, 0.3) is 0 Å². The lowest BCUT2D eigenvalue weighted by atomic mass is 10.0. The zero-order valence-electron chi connectivity index (χ0n) is 11.7. The number of thioether (sulfide) groups is 2. The van der Waals surface area contributed by atoms with Crippen LogP contribution < -0.4 is 5.32 Å². The molecule has 106 valence electrons. The first-order valence-corrected chi connectivity index (χ1v) is 9.16. The van der Waals surface area contributed by atoms with Crippen LogP contribution in [0.2, 0.25) is 0 Å². The van der Waals surface area contributed by atoms with Gasteiger partial charge in [0, 0.05) is 23.2 Å². The van der Waals surface area contributed by atoms with Crippen molar-refractivity contribution in [1.82, 2.24) is 5.32 Å². The summed E-state index contributed by atoms with van der Waals surface area (Å²) < 4.78 is 0. The summed E-state index contributed by atoms with van der Waals surface area (Å²) in [5, 5.41) is 13.8. The molecule has 1 aromatic carbocycles. The summed E-state index contributed by atoms with van der Waals surface area (Å²) in [6.07, 6.45) is 4.05. The molecule has 4 heteroatoms. The molecule has 0 aromatic heterocycles. The quantitative estimate of drug-likeness (QED) is 0.791. The van der Waals surface area contributed by atoms with E-state index in [4.69, 9.17) is 0 Å². The van der Waals surface area contributed by atoms with Gasteiger partial charge in [-0.3, -0.25) is 0 Å². The molecule has 0 bridgehead atoms. The van der Waals surface area contributed by atoms with Crippen LogP contribution in [0.15, 0.2) is 29.2 Å². The van der Waals surface area contributed by atoms with Gasteiger partial charge in [0.05, 0.1) is 5.60 Å². The molecule has 19 heavy (non-hydrogen) atoms. The highest BCUT2D eigenvalue weighted by atomic mass is 32.2. The number of hydrogen-bond acceptors (Lipinski definition) is 4. The van der Waals surface area contributed by atoms with E-state index < -0.39 is 5.60 Å². The minimum absolute atomic E-state index is 0.392. The highest BCUT2D eigenvalue weighted by Crippen LogP contribution is 2.27. The molecule has 1 aliphatic heterocycles. The standard InChI is InChI=1S/C15H23NOS2/c1-12(16-10-15(17)7-8-19-11-15)9-13-5-3-4-6-14(13)18-2/h3-6,12,16-17H,7-11H2,1-2H3/t12-,15-/m1/s1. The Kier molecular flexibility index (Phi) is 5.63. The lowest BCUT2D eigenvalue weighted by Gasteiger charge is -2.25. The van der Waals surface area contributed by atoms with E-state index >= 15 is 0 Å². The largest absolute Gasteiger partial charge is 0.388 e. The molecule has 2 N–H and O–H groups in total. The van der Waals surface area contributed by atoms with E-state index in [1.54, 1.807) is 11.8 Å². The minimum atomic E-state index is -0.488. The SMILES string of the molecule is CSc1ccccc1C[C@@H](C)NC[C@]1(O)CCSC1. The normalized spacial score (nSPS) is 24.6. The van der Waals surface area contributed by atoms with Gasteiger partial charge < -0.3 is 10.4 Å². The molecule has 2 atom stereocenters. The minimum Gasteiger partial charge on any atom is -0.388 e. The van der Waals surface area contributed by atoms with Crippen molar-refractivity contribution in [3.63, 3.8) is 0 Å². The van der Waals surface area contributed by atoms with Gasteiger partial charge in [0.2, 0.25) is 0 Å². The van der Waals surface area contributed by atoms with Crippen LogP contribution in [0, 0.1) is 0 Å². The maximum atomic E-state index is 10.3. The average Bonchev–Trinajstić information content (AvgIpc) is 2.85. The number of rotatable bonds is 6. The molecule has 0 radical (unpaired) electrons. The Labute approximate surface area is 124 Å². The van der Waals surface area contributed by atoms with Gasteiger partial charge in [-0.25, -0.2) is 0 Å². The zero-order chi connectivity index (χ0) is 13.7. The Morgan fingerprint density at radius 1 is 1.47 bits per heavy atom. The predicted molar refractivity (Wildman–Crippen MR) is 86.3 cm³/mol. The van der Waals surface area contributed by atoms with E-state index in [0.29, 0.717) is 12.6 Å². The summed E-state index contributed by atoms with van der Waals surface area (Å²) in [6.45, 7) is 2.91. The van der Waals surface area contributed by atoms with E-state index in [0.717, 1.165) is 24.3 Å². The van der Waals surface area contributed by atoms with Crippen molar-refractivity contribution in [2.75, 3.05) is 24.3 Å². The number of nitrogens with one attached hydrogen (secondary N) is 1. The summed E-state index contributed by atoms with van der Waals surface area (Å²) in [6, 6.07) is 8.95. The third-order valence-corrected chi connectivity index (χ3v) is 5.65. The Morgan fingerprint density at radius 2 is 2.26 bits per heavy atom. The zero-order valence-corrected chi connectivity index (χ0v) is 13.3. The molecular weight excluding hydrogens is 274 g/mol. The number of benzene rings is 1. The number of hydrogen-bond donors (Lipinski definition) is 2. The van der Waals surface area contributed by atoms with Gasteiger partial charge in [-0.15, -0.1) is 11.8 Å². The summed E-state index contributed by atoms with van der Waals surface area (Å²) in [5.74, 6) is 1.95. The van der Waals surface area contributed by atoms with Crippen LogP contribution in [0.25, 0.3) is 0 Å². The van der Waals surface area contributed by atoms with Crippen LogP contribution in [0.3, 0.4) is 0 Å². The van der Waals surface area contributed by atoms with E-state index in [1.165, 1.54) is 10.5 Å². The van der Waals surface area contributed by atoms with Crippen LogP contribution in [0.5, 0.6) is 0 Å². The fourth-order valence-corrected chi connectivity index (χ4v) is 4.30. The van der Waals surface area contributed by atoms with Crippen molar-refractivity contribution >= 4 is 23.5 Å². The van der Waals surface area contributed by atoms with Crippen LogP contribution in [0.4, 0.5) is 0 Å². The Morgan fingerprint density at radius 3 is 2.95 bits per heavy atom. The lowest BCUT2D eigenvalue weighted by Crippen LogP contribution is -2.44. The fourth-order valence-electron chi connectivity index (χ4n) is 2.37. The summed E-state index contributed by atoms with van der Waals surface area (Å²) >= 11 is 3.65. The Hall–Kier alpha value is -0.160. The lowest BCUT2D eigenvalue weighted by molar-refractivity contribution is 0.0651. The molecule has 0 saturated carbocycles. The van der Waals surface area contributed by atoms with Gasteiger partial charge in [-0.2, -0.15) is 11.8 Å².